The Bertz CT molecular complexity index is 1040. The molecule has 3 aromatic carbocycles. The molecule has 0 radical (unpaired) electrons. The van der Waals surface area contributed by atoms with Gasteiger partial charge in [-0.1, -0.05) is 54.6 Å². The highest BCUT2D eigenvalue weighted by Gasteiger charge is 2.07. The minimum absolute atomic E-state index is 0. The molecule has 0 aromatic heterocycles. The quantitative estimate of drug-likeness (QED) is 0.219. The van der Waals surface area contributed by atoms with E-state index in [0.29, 0.717) is 25.3 Å². The molecule has 0 spiro atoms. The van der Waals surface area contributed by atoms with Crippen molar-refractivity contribution in [2.75, 3.05) is 20.6 Å². The monoisotopic (exact) mass is 572 g/mol. The van der Waals surface area contributed by atoms with E-state index >= 15 is 0 Å². The van der Waals surface area contributed by atoms with Crippen LogP contribution >= 0.6 is 24.0 Å². The van der Waals surface area contributed by atoms with E-state index in [1.54, 1.807) is 19.0 Å². The van der Waals surface area contributed by atoms with Crippen LogP contribution in [-0.2, 0) is 19.7 Å². The summed E-state index contributed by atoms with van der Waals surface area (Å²) in [7, 11) is 3.50. The van der Waals surface area contributed by atoms with Crippen molar-refractivity contribution in [2.24, 2.45) is 4.99 Å². The Morgan fingerprint density at radius 1 is 0.853 bits per heavy atom. The molecular formula is C27H33IN4O2. The minimum Gasteiger partial charge on any atom is -0.489 e. The Kier molecular flexibility index (Phi) is 11.4. The van der Waals surface area contributed by atoms with Crippen molar-refractivity contribution in [1.82, 2.24) is 15.5 Å². The Morgan fingerprint density at radius 2 is 1.50 bits per heavy atom. The number of amides is 1. The van der Waals surface area contributed by atoms with Crippen LogP contribution in [0, 0.1) is 0 Å². The average Bonchev–Trinajstić information content (AvgIpc) is 2.85. The molecule has 7 heteroatoms. The normalized spacial score (nSPS) is 10.7. The van der Waals surface area contributed by atoms with E-state index in [-0.39, 0.29) is 29.9 Å². The number of guanidine groups is 1. The van der Waals surface area contributed by atoms with Crippen LogP contribution in [0.5, 0.6) is 5.75 Å². The second kappa shape index (κ2) is 14.2. The maximum Gasteiger partial charge on any atom is 0.253 e. The first-order valence-electron chi connectivity index (χ1n) is 11.1. The third-order valence-electron chi connectivity index (χ3n) is 5.00. The van der Waals surface area contributed by atoms with Crippen LogP contribution in [0.25, 0.3) is 0 Å². The van der Waals surface area contributed by atoms with E-state index in [0.717, 1.165) is 34.9 Å². The molecule has 0 bridgehead atoms. The minimum atomic E-state index is 0. The zero-order valence-electron chi connectivity index (χ0n) is 20.0. The number of rotatable bonds is 9. The van der Waals surface area contributed by atoms with Crippen LogP contribution in [0.2, 0.25) is 0 Å². The van der Waals surface area contributed by atoms with Crippen molar-refractivity contribution in [3.05, 3.63) is 101 Å². The van der Waals surface area contributed by atoms with Crippen LogP contribution < -0.4 is 15.4 Å². The fourth-order valence-corrected chi connectivity index (χ4v) is 3.15. The molecule has 3 rings (SSSR count). The van der Waals surface area contributed by atoms with Crippen LogP contribution in [0.4, 0.5) is 0 Å². The first kappa shape index (κ1) is 27.2. The third kappa shape index (κ3) is 8.70. The summed E-state index contributed by atoms with van der Waals surface area (Å²) in [6.45, 7) is 4.54. The molecule has 0 unspecified atom stereocenters. The maximum atomic E-state index is 12.0. The topological polar surface area (TPSA) is 66.0 Å². The van der Waals surface area contributed by atoms with E-state index in [2.05, 4.69) is 27.8 Å². The number of carbonyl (C=O) groups is 1. The molecule has 0 fully saturated rings. The Balaban J connectivity index is 0.00000408. The molecule has 0 aliphatic heterocycles. The molecule has 0 atom stereocenters. The van der Waals surface area contributed by atoms with Crippen LogP contribution in [0.15, 0.2) is 83.9 Å². The zero-order chi connectivity index (χ0) is 23.5. The van der Waals surface area contributed by atoms with Gasteiger partial charge in [-0.25, -0.2) is 4.99 Å². The first-order valence-corrected chi connectivity index (χ1v) is 11.1. The van der Waals surface area contributed by atoms with Gasteiger partial charge in [0.15, 0.2) is 5.96 Å². The van der Waals surface area contributed by atoms with E-state index in [4.69, 9.17) is 4.74 Å². The number of nitrogens with one attached hydrogen (secondary N) is 2. The molecule has 2 N–H and O–H groups in total. The van der Waals surface area contributed by atoms with Gasteiger partial charge in [0, 0.05) is 32.7 Å². The molecule has 34 heavy (non-hydrogen) atoms. The standard InChI is InChI=1S/C27H32N4O2.HI/c1-4-28-27(29-18-21-10-14-24(15-11-21)26(32)31(2)3)30-19-22-12-16-25(17-13-22)33-20-23-8-6-5-7-9-23;/h5-17H,4,18-20H2,1-3H3,(H2,28,29,30);1H. The lowest BCUT2D eigenvalue weighted by molar-refractivity contribution is 0.0827. The zero-order valence-corrected chi connectivity index (χ0v) is 22.3. The summed E-state index contributed by atoms with van der Waals surface area (Å²) < 4.78 is 5.85. The number of halogens is 1. The fraction of sp³-hybridized carbons (Fsp3) is 0.259. The lowest BCUT2D eigenvalue weighted by atomic mass is 10.1. The number of benzene rings is 3. The van der Waals surface area contributed by atoms with Crippen LogP contribution in [-0.4, -0.2) is 37.4 Å². The van der Waals surface area contributed by atoms with Crippen molar-refractivity contribution >= 4 is 35.8 Å². The van der Waals surface area contributed by atoms with Crippen molar-refractivity contribution in [3.63, 3.8) is 0 Å². The molecule has 1 amide bonds. The van der Waals surface area contributed by atoms with Gasteiger partial charge < -0.3 is 20.3 Å². The van der Waals surface area contributed by atoms with Gasteiger partial charge in [-0.05, 0) is 47.9 Å². The highest BCUT2D eigenvalue weighted by atomic mass is 127. The molecule has 0 heterocycles. The maximum absolute atomic E-state index is 12.0. The second-order valence-electron chi connectivity index (χ2n) is 7.86. The summed E-state index contributed by atoms with van der Waals surface area (Å²) in [5, 5.41) is 6.62. The van der Waals surface area contributed by atoms with Gasteiger partial charge in [0.2, 0.25) is 0 Å². The molecule has 0 saturated heterocycles. The SMILES string of the molecule is CCNC(=NCc1ccc(OCc2ccccc2)cc1)NCc1ccc(C(=O)N(C)C)cc1.I. The van der Waals surface area contributed by atoms with Gasteiger partial charge in [0.1, 0.15) is 12.4 Å². The summed E-state index contributed by atoms with van der Waals surface area (Å²) in [6, 6.07) is 25.8. The number of carbonyl (C=O) groups excluding carboxylic acids is 1. The van der Waals surface area contributed by atoms with Crippen LogP contribution in [0.1, 0.15) is 34.0 Å². The highest BCUT2D eigenvalue weighted by Crippen LogP contribution is 2.15. The number of ether oxygens (including phenoxy) is 1. The number of aliphatic imine (C=N–C) groups is 1. The third-order valence-corrected chi connectivity index (χ3v) is 5.00. The van der Waals surface area contributed by atoms with Gasteiger partial charge in [-0.2, -0.15) is 0 Å². The van der Waals surface area contributed by atoms with Gasteiger partial charge in [0.25, 0.3) is 5.91 Å². The largest absolute Gasteiger partial charge is 0.489 e. The summed E-state index contributed by atoms with van der Waals surface area (Å²) in [5.41, 5.74) is 4.01. The first-order chi connectivity index (χ1) is 16.0. The molecule has 6 nitrogen and oxygen atoms in total. The van der Waals surface area contributed by atoms with Crippen molar-refractivity contribution in [3.8, 4) is 5.75 Å². The molecule has 0 aliphatic carbocycles. The Labute approximate surface area is 219 Å². The molecule has 0 aliphatic rings. The fourth-order valence-electron chi connectivity index (χ4n) is 3.15. The lowest BCUT2D eigenvalue weighted by Gasteiger charge is -2.13. The summed E-state index contributed by atoms with van der Waals surface area (Å²) >= 11 is 0. The average molecular weight is 572 g/mol. The van der Waals surface area contributed by atoms with Gasteiger partial charge >= 0.3 is 0 Å². The lowest BCUT2D eigenvalue weighted by Crippen LogP contribution is -2.36. The van der Waals surface area contributed by atoms with Gasteiger partial charge in [-0.15, -0.1) is 24.0 Å². The molecule has 180 valence electrons. The van der Waals surface area contributed by atoms with E-state index in [1.807, 2.05) is 73.7 Å². The number of hydrogen-bond acceptors (Lipinski definition) is 3. The van der Waals surface area contributed by atoms with Crippen molar-refractivity contribution < 1.29 is 9.53 Å². The number of nitrogens with zero attached hydrogens (tertiary/aromatic N) is 2. The smallest absolute Gasteiger partial charge is 0.253 e. The Hall–Kier alpha value is -3.07. The molecule has 0 saturated carbocycles. The van der Waals surface area contributed by atoms with Crippen LogP contribution in [0.3, 0.4) is 0 Å². The Morgan fingerprint density at radius 3 is 2.12 bits per heavy atom. The second-order valence-corrected chi connectivity index (χ2v) is 7.86. The molecular weight excluding hydrogens is 539 g/mol. The summed E-state index contributed by atoms with van der Waals surface area (Å²) in [4.78, 5) is 18.3. The highest BCUT2D eigenvalue weighted by molar-refractivity contribution is 14.0. The van der Waals surface area contributed by atoms with Crippen molar-refractivity contribution in [2.45, 2.75) is 26.6 Å². The van der Waals surface area contributed by atoms with E-state index < -0.39 is 0 Å². The van der Waals surface area contributed by atoms with Gasteiger partial charge in [0.05, 0.1) is 6.54 Å². The van der Waals surface area contributed by atoms with E-state index in [1.165, 1.54) is 0 Å². The van der Waals surface area contributed by atoms with Crippen molar-refractivity contribution in [1.29, 1.82) is 0 Å². The van der Waals surface area contributed by atoms with E-state index in [9.17, 15) is 4.79 Å². The summed E-state index contributed by atoms with van der Waals surface area (Å²) in [5.74, 6) is 1.59. The molecule has 3 aromatic rings. The number of hydrogen-bond donors (Lipinski definition) is 2. The predicted octanol–water partition coefficient (Wildman–Crippen LogP) is 4.84. The van der Waals surface area contributed by atoms with Gasteiger partial charge in [-0.3, -0.25) is 4.79 Å². The predicted molar refractivity (Wildman–Crippen MR) is 149 cm³/mol. The summed E-state index contributed by atoms with van der Waals surface area (Å²) in [6.07, 6.45) is 0.